The number of carbonyl (C=O) groups excluding carboxylic acids is 4. The standard InChI is InChI=1S/C24H23ClFNO6S/c1-3-33-18(28)13-17-19(25)20(21(26)34-17)27(22(29)14-9-5-4-6-10-14)23(30)15-11-7-8-12-16(15)24(31)32-2/h4-6,9-10H,3,7-8,11-13H2,1-2H3. The van der Waals surface area contributed by atoms with Gasteiger partial charge in [-0.3, -0.25) is 14.4 Å². The van der Waals surface area contributed by atoms with Crippen LogP contribution in [0.2, 0.25) is 5.02 Å². The number of amides is 2. The van der Waals surface area contributed by atoms with Gasteiger partial charge in [0.05, 0.1) is 25.2 Å². The van der Waals surface area contributed by atoms with Crippen LogP contribution in [0.5, 0.6) is 0 Å². The molecule has 2 aromatic rings. The SMILES string of the molecule is CCOC(=O)Cc1sc(F)c(N(C(=O)C2=C(C(=O)OC)CCCC2)C(=O)c2ccccc2)c1Cl. The number of hydrogen-bond acceptors (Lipinski definition) is 7. The van der Waals surface area contributed by atoms with Gasteiger partial charge in [0, 0.05) is 21.6 Å². The maximum absolute atomic E-state index is 15.2. The van der Waals surface area contributed by atoms with E-state index in [0.29, 0.717) is 35.5 Å². The first-order valence-corrected chi connectivity index (χ1v) is 11.9. The molecule has 0 fully saturated rings. The number of rotatable bonds is 7. The first kappa shape index (κ1) is 25.6. The molecule has 0 radical (unpaired) electrons. The third kappa shape index (κ3) is 5.37. The molecule has 1 aromatic carbocycles. The van der Waals surface area contributed by atoms with E-state index in [9.17, 15) is 19.2 Å². The van der Waals surface area contributed by atoms with Crippen molar-refractivity contribution in [1.82, 2.24) is 0 Å². The van der Waals surface area contributed by atoms with Crippen molar-refractivity contribution in [1.29, 1.82) is 0 Å². The molecule has 1 aliphatic rings. The number of ether oxygens (including phenoxy) is 2. The Labute approximate surface area is 205 Å². The molecule has 1 aliphatic carbocycles. The van der Waals surface area contributed by atoms with Crippen LogP contribution >= 0.6 is 22.9 Å². The number of hydrogen-bond donors (Lipinski definition) is 0. The Morgan fingerprint density at radius 2 is 1.71 bits per heavy atom. The molecular formula is C24H23ClFNO6S. The van der Waals surface area contributed by atoms with E-state index < -0.39 is 34.6 Å². The van der Waals surface area contributed by atoms with Gasteiger partial charge < -0.3 is 9.47 Å². The second kappa shape index (κ2) is 11.4. The molecule has 2 amide bonds. The van der Waals surface area contributed by atoms with Crippen molar-refractivity contribution in [2.75, 3.05) is 18.6 Å². The minimum absolute atomic E-state index is 0.0796. The zero-order valence-electron chi connectivity index (χ0n) is 18.7. The van der Waals surface area contributed by atoms with Crippen LogP contribution < -0.4 is 4.90 Å². The van der Waals surface area contributed by atoms with Crippen LogP contribution in [0.15, 0.2) is 41.5 Å². The predicted octanol–water partition coefficient (Wildman–Crippen LogP) is 4.86. The van der Waals surface area contributed by atoms with Gasteiger partial charge in [-0.25, -0.2) is 9.69 Å². The molecule has 0 atom stereocenters. The van der Waals surface area contributed by atoms with Crippen molar-refractivity contribution in [2.24, 2.45) is 0 Å². The molecule has 0 saturated carbocycles. The zero-order chi connectivity index (χ0) is 24.8. The summed E-state index contributed by atoms with van der Waals surface area (Å²) in [5.41, 5.74) is -0.0910. The Morgan fingerprint density at radius 1 is 1.06 bits per heavy atom. The van der Waals surface area contributed by atoms with Gasteiger partial charge in [-0.1, -0.05) is 29.8 Å². The van der Waals surface area contributed by atoms with E-state index in [2.05, 4.69) is 0 Å². The van der Waals surface area contributed by atoms with Gasteiger partial charge in [0.1, 0.15) is 5.69 Å². The number of imide groups is 1. The number of anilines is 1. The molecule has 7 nitrogen and oxygen atoms in total. The van der Waals surface area contributed by atoms with Crippen molar-refractivity contribution in [3.63, 3.8) is 0 Å². The number of nitrogens with zero attached hydrogens (tertiary/aromatic N) is 1. The summed E-state index contributed by atoms with van der Waals surface area (Å²) in [7, 11) is 1.20. The van der Waals surface area contributed by atoms with E-state index in [1.54, 1.807) is 25.1 Å². The monoisotopic (exact) mass is 507 g/mol. The first-order valence-electron chi connectivity index (χ1n) is 10.7. The average Bonchev–Trinajstić information content (AvgIpc) is 3.11. The summed E-state index contributed by atoms with van der Waals surface area (Å²) in [6, 6.07) is 7.87. The number of esters is 2. The Bertz CT molecular complexity index is 1140. The Hall–Kier alpha value is -3.04. The fraction of sp³-hybridized carbons (Fsp3) is 0.333. The van der Waals surface area contributed by atoms with Crippen LogP contribution in [0.1, 0.15) is 47.8 Å². The number of methoxy groups -OCH3 is 1. The summed E-state index contributed by atoms with van der Waals surface area (Å²) >= 11 is 6.98. The van der Waals surface area contributed by atoms with E-state index in [1.165, 1.54) is 19.2 Å². The molecule has 0 bridgehead atoms. The molecule has 0 saturated heterocycles. The van der Waals surface area contributed by atoms with E-state index in [1.807, 2.05) is 0 Å². The highest BCUT2D eigenvalue weighted by Gasteiger charge is 2.36. The lowest BCUT2D eigenvalue weighted by Crippen LogP contribution is -2.39. The smallest absolute Gasteiger partial charge is 0.334 e. The van der Waals surface area contributed by atoms with Crippen molar-refractivity contribution in [3.05, 3.63) is 62.1 Å². The lowest BCUT2D eigenvalue weighted by Gasteiger charge is -2.25. The number of carbonyl (C=O) groups is 4. The van der Waals surface area contributed by atoms with Crippen LogP contribution in [0.3, 0.4) is 0 Å². The lowest BCUT2D eigenvalue weighted by atomic mass is 9.90. The summed E-state index contributed by atoms with van der Waals surface area (Å²) in [4.78, 5) is 52.2. The van der Waals surface area contributed by atoms with Crippen LogP contribution in [-0.4, -0.2) is 37.5 Å². The molecule has 3 rings (SSSR count). The largest absolute Gasteiger partial charge is 0.466 e. The maximum atomic E-state index is 15.2. The van der Waals surface area contributed by atoms with Crippen LogP contribution in [-0.2, 0) is 30.3 Å². The van der Waals surface area contributed by atoms with Gasteiger partial charge in [-0.15, -0.1) is 11.3 Å². The highest BCUT2D eigenvalue weighted by Crippen LogP contribution is 2.41. The molecule has 1 heterocycles. The quantitative estimate of drug-likeness (QED) is 0.392. The van der Waals surface area contributed by atoms with Gasteiger partial charge in [0.15, 0.2) is 0 Å². The summed E-state index contributed by atoms with van der Waals surface area (Å²) in [6.07, 6.45) is 1.50. The second-order valence-corrected chi connectivity index (χ2v) is 8.84. The average molecular weight is 508 g/mol. The topological polar surface area (TPSA) is 90.0 Å². The second-order valence-electron chi connectivity index (χ2n) is 7.41. The van der Waals surface area contributed by atoms with E-state index in [0.717, 1.165) is 0 Å². The number of halogens is 2. The Balaban J connectivity index is 2.14. The highest BCUT2D eigenvalue weighted by atomic mass is 35.5. The maximum Gasteiger partial charge on any atom is 0.334 e. The number of benzene rings is 1. The molecule has 0 unspecified atom stereocenters. The fourth-order valence-corrected chi connectivity index (χ4v) is 4.98. The fourth-order valence-electron chi connectivity index (χ4n) is 3.69. The van der Waals surface area contributed by atoms with Crippen LogP contribution in [0.25, 0.3) is 0 Å². The molecule has 0 N–H and O–H groups in total. The third-order valence-corrected chi connectivity index (χ3v) is 6.76. The minimum atomic E-state index is -0.905. The van der Waals surface area contributed by atoms with Crippen molar-refractivity contribution in [2.45, 2.75) is 39.0 Å². The summed E-state index contributed by atoms with van der Waals surface area (Å²) < 4.78 is 24.9. The normalized spacial score (nSPS) is 13.4. The summed E-state index contributed by atoms with van der Waals surface area (Å²) in [5, 5.41) is -1.14. The van der Waals surface area contributed by atoms with Crippen molar-refractivity contribution in [3.8, 4) is 0 Å². The van der Waals surface area contributed by atoms with Gasteiger partial charge in [-0.05, 0) is 44.7 Å². The van der Waals surface area contributed by atoms with Gasteiger partial charge in [0.25, 0.3) is 11.8 Å². The minimum Gasteiger partial charge on any atom is -0.466 e. The van der Waals surface area contributed by atoms with Gasteiger partial charge in [-0.2, -0.15) is 4.39 Å². The molecule has 180 valence electrons. The third-order valence-electron chi connectivity index (χ3n) is 5.27. The van der Waals surface area contributed by atoms with Gasteiger partial charge in [0.2, 0.25) is 5.13 Å². The van der Waals surface area contributed by atoms with E-state index >= 15 is 4.39 Å². The predicted molar refractivity (Wildman–Crippen MR) is 125 cm³/mol. The highest BCUT2D eigenvalue weighted by molar-refractivity contribution is 7.11. The molecule has 34 heavy (non-hydrogen) atoms. The summed E-state index contributed by atoms with van der Waals surface area (Å²) in [6.45, 7) is 1.77. The first-order chi connectivity index (χ1) is 16.3. The van der Waals surface area contributed by atoms with Crippen LogP contribution in [0.4, 0.5) is 10.1 Å². The van der Waals surface area contributed by atoms with Gasteiger partial charge >= 0.3 is 11.9 Å². The lowest BCUT2D eigenvalue weighted by molar-refractivity contribution is -0.142. The number of thiophene rings is 1. The van der Waals surface area contributed by atoms with E-state index in [4.69, 9.17) is 21.1 Å². The van der Waals surface area contributed by atoms with Crippen molar-refractivity contribution < 1.29 is 33.0 Å². The van der Waals surface area contributed by atoms with E-state index in [-0.39, 0.29) is 46.1 Å². The molecule has 0 aliphatic heterocycles. The molecule has 1 aromatic heterocycles. The molecular weight excluding hydrogens is 485 g/mol. The Kier molecular flexibility index (Phi) is 8.57. The van der Waals surface area contributed by atoms with Crippen molar-refractivity contribution >= 4 is 52.4 Å². The molecule has 0 spiro atoms. The Morgan fingerprint density at radius 3 is 2.32 bits per heavy atom. The zero-order valence-corrected chi connectivity index (χ0v) is 20.3. The molecule has 10 heteroatoms. The van der Waals surface area contributed by atoms with Crippen LogP contribution in [0, 0.1) is 5.13 Å². The summed E-state index contributed by atoms with van der Waals surface area (Å²) in [5.74, 6) is -2.95.